The molecular formula is C13H23N3O. The Hall–Kier alpha value is -0.770. The minimum Gasteiger partial charge on any atom is -0.335 e. The SMILES string of the molecule is O=C(NC1CC1)N1CCCC(C2CCCN2)C1. The molecule has 1 aliphatic carbocycles. The van der Waals surface area contributed by atoms with E-state index in [2.05, 4.69) is 10.6 Å². The summed E-state index contributed by atoms with van der Waals surface area (Å²) >= 11 is 0. The zero-order valence-electron chi connectivity index (χ0n) is 10.5. The number of amides is 2. The lowest BCUT2D eigenvalue weighted by atomic mass is 9.90. The second-order valence-corrected chi connectivity index (χ2v) is 5.77. The van der Waals surface area contributed by atoms with Gasteiger partial charge in [-0.2, -0.15) is 0 Å². The van der Waals surface area contributed by atoms with E-state index in [4.69, 9.17) is 0 Å². The van der Waals surface area contributed by atoms with Crippen molar-refractivity contribution in [2.24, 2.45) is 5.92 Å². The highest BCUT2D eigenvalue weighted by molar-refractivity contribution is 5.75. The van der Waals surface area contributed by atoms with Crippen molar-refractivity contribution in [2.45, 2.75) is 50.6 Å². The molecule has 2 heterocycles. The van der Waals surface area contributed by atoms with Gasteiger partial charge >= 0.3 is 6.03 Å². The number of carbonyl (C=O) groups excluding carboxylic acids is 1. The molecule has 2 atom stereocenters. The standard InChI is InChI=1S/C13H23N3O/c17-13(15-11-5-6-11)16-8-2-3-10(9-16)12-4-1-7-14-12/h10-12,14H,1-9H2,(H,15,17). The van der Waals surface area contributed by atoms with E-state index in [1.165, 1.54) is 38.5 Å². The minimum absolute atomic E-state index is 0.176. The predicted octanol–water partition coefficient (Wildman–Crippen LogP) is 1.32. The quantitative estimate of drug-likeness (QED) is 0.761. The fourth-order valence-corrected chi connectivity index (χ4v) is 3.13. The Morgan fingerprint density at radius 3 is 2.76 bits per heavy atom. The van der Waals surface area contributed by atoms with Crippen molar-refractivity contribution in [1.29, 1.82) is 0 Å². The van der Waals surface area contributed by atoms with Crippen LogP contribution in [0.5, 0.6) is 0 Å². The second kappa shape index (κ2) is 4.84. The number of hydrogen-bond donors (Lipinski definition) is 2. The normalized spacial score (nSPS) is 33.8. The molecule has 2 N–H and O–H groups in total. The molecule has 4 heteroatoms. The van der Waals surface area contributed by atoms with E-state index in [0.29, 0.717) is 18.0 Å². The van der Waals surface area contributed by atoms with Gasteiger partial charge in [-0.3, -0.25) is 0 Å². The van der Waals surface area contributed by atoms with Crippen LogP contribution in [0.3, 0.4) is 0 Å². The van der Waals surface area contributed by atoms with Gasteiger partial charge in [0.1, 0.15) is 0 Å². The second-order valence-electron chi connectivity index (χ2n) is 5.77. The lowest BCUT2D eigenvalue weighted by Gasteiger charge is -2.35. The highest BCUT2D eigenvalue weighted by Crippen LogP contribution is 2.25. The molecule has 2 aliphatic heterocycles. The van der Waals surface area contributed by atoms with E-state index in [0.717, 1.165) is 19.6 Å². The molecule has 0 radical (unpaired) electrons. The largest absolute Gasteiger partial charge is 0.335 e. The molecule has 1 saturated carbocycles. The molecule has 0 spiro atoms. The van der Waals surface area contributed by atoms with Gasteiger partial charge in [0.15, 0.2) is 0 Å². The van der Waals surface area contributed by atoms with Crippen LogP contribution >= 0.6 is 0 Å². The first-order chi connectivity index (χ1) is 8.33. The highest BCUT2D eigenvalue weighted by atomic mass is 16.2. The molecule has 3 rings (SSSR count). The maximum Gasteiger partial charge on any atom is 0.317 e. The number of likely N-dealkylation sites (tertiary alicyclic amines) is 1. The molecule has 96 valence electrons. The molecule has 3 fully saturated rings. The highest BCUT2D eigenvalue weighted by Gasteiger charge is 2.32. The average molecular weight is 237 g/mol. The summed E-state index contributed by atoms with van der Waals surface area (Å²) in [7, 11) is 0. The van der Waals surface area contributed by atoms with Gasteiger partial charge in [0.25, 0.3) is 0 Å². The Labute approximate surface area is 103 Å². The molecule has 0 aromatic carbocycles. The molecule has 0 bridgehead atoms. The lowest BCUT2D eigenvalue weighted by Crippen LogP contribution is -2.49. The number of nitrogens with one attached hydrogen (secondary N) is 2. The number of carbonyl (C=O) groups is 1. The van der Waals surface area contributed by atoms with Crippen LogP contribution < -0.4 is 10.6 Å². The van der Waals surface area contributed by atoms with Crippen LogP contribution in [0.2, 0.25) is 0 Å². The first kappa shape index (κ1) is 11.3. The van der Waals surface area contributed by atoms with E-state index < -0.39 is 0 Å². The Morgan fingerprint density at radius 1 is 1.18 bits per heavy atom. The van der Waals surface area contributed by atoms with Crippen molar-refractivity contribution >= 4 is 6.03 Å². The molecule has 0 aromatic rings. The Kier molecular flexibility index (Phi) is 3.23. The average Bonchev–Trinajstić information content (AvgIpc) is 3.00. The number of piperidine rings is 1. The molecule has 0 aromatic heterocycles. The fourth-order valence-electron chi connectivity index (χ4n) is 3.13. The number of nitrogens with zero attached hydrogens (tertiary/aromatic N) is 1. The summed E-state index contributed by atoms with van der Waals surface area (Å²) in [6.45, 7) is 3.06. The Morgan fingerprint density at radius 2 is 2.06 bits per heavy atom. The van der Waals surface area contributed by atoms with Crippen LogP contribution in [0.1, 0.15) is 38.5 Å². The zero-order valence-corrected chi connectivity index (χ0v) is 10.5. The number of urea groups is 1. The number of hydrogen-bond acceptors (Lipinski definition) is 2. The molecule has 2 amide bonds. The summed E-state index contributed by atoms with van der Waals surface area (Å²) < 4.78 is 0. The van der Waals surface area contributed by atoms with Gasteiger partial charge in [0.2, 0.25) is 0 Å². The number of rotatable bonds is 2. The van der Waals surface area contributed by atoms with Crippen molar-refractivity contribution in [2.75, 3.05) is 19.6 Å². The lowest BCUT2D eigenvalue weighted by molar-refractivity contribution is 0.152. The van der Waals surface area contributed by atoms with Crippen molar-refractivity contribution < 1.29 is 4.79 Å². The molecule has 3 aliphatic rings. The predicted molar refractivity (Wildman–Crippen MR) is 66.9 cm³/mol. The Bertz CT molecular complexity index is 284. The van der Waals surface area contributed by atoms with Crippen LogP contribution in [0.4, 0.5) is 4.79 Å². The third-order valence-corrected chi connectivity index (χ3v) is 4.32. The van der Waals surface area contributed by atoms with E-state index in [-0.39, 0.29) is 6.03 Å². The van der Waals surface area contributed by atoms with Gasteiger partial charge in [-0.05, 0) is 51.0 Å². The fraction of sp³-hybridized carbons (Fsp3) is 0.923. The van der Waals surface area contributed by atoms with E-state index in [9.17, 15) is 4.79 Å². The van der Waals surface area contributed by atoms with Crippen molar-refractivity contribution in [3.8, 4) is 0 Å². The van der Waals surface area contributed by atoms with Crippen LogP contribution in [-0.2, 0) is 0 Å². The van der Waals surface area contributed by atoms with Crippen molar-refractivity contribution in [3.63, 3.8) is 0 Å². The first-order valence-electron chi connectivity index (χ1n) is 7.12. The molecule has 2 unspecified atom stereocenters. The Balaban J connectivity index is 1.52. The molecule has 17 heavy (non-hydrogen) atoms. The van der Waals surface area contributed by atoms with Crippen molar-refractivity contribution in [3.05, 3.63) is 0 Å². The summed E-state index contributed by atoms with van der Waals surface area (Å²) in [5, 5.41) is 6.68. The minimum atomic E-state index is 0.176. The van der Waals surface area contributed by atoms with Gasteiger partial charge in [0, 0.05) is 25.2 Å². The van der Waals surface area contributed by atoms with E-state index >= 15 is 0 Å². The summed E-state index contributed by atoms with van der Waals surface area (Å²) in [6, 6.07) is 1.31. The summed E-state index contributed by atoms with van der Waals surface area (Å²) in [5.74, 6) is 0.677. The zero-order chi connectivity index (χ0) is 11.7. The van der Waals surface area contributed by atoms with E-state index in [1.54, 1.807) is 0 Å². The maximum absolute atomic E-state index is 12.0. The maximum atomic E-state index is 12.0. The van der Waals surface area contributed by atoms with Crippen LogP contribution in [-0.4, -0.2) is 42.6 Å². The van der Waals surface area contributed by atoms with Crippen LogP contribution in [0.15, 0.2) is 0 Å². The van der Waals surface area contributed by atoms with Gasteiger partial charge in [-0.1, -0.05) is 0 Å². The summed E-state index contributed by atoms with van der Waals surface area (Å²) in [5.41, 5.74) is 0. The molecule has 4 nitrogen and oxygen atoms in total. The van der Waals surface area contributed by atoms with Gasteiger partial charge in [-0.15, -0.1) is 0 Å². The van der Waals surface area contributed by atoms with Crippen LogP contribution in [0, 0.1) is 5.92 Å². The third kappa shape index (κ3) is 2.73. The molecular weight excluding hydrogens is 214 g/mol. The first-order valence-corrected chi connectivity index (χ1v) is 7.12. The smallest absolute Gasteiger partial charge is 0.317 e. The summed E-state index contributed by atoms with van der Waals surface area (Å²) in [4.78, 5) is 14.0. The van der Waals surface area contributed by atoms with Crippen molar-refractivity contribution in [1.82, 2.24) is 15.5 Å². The van der Waals surface area contributed by atoms with Gasteiger partial charge in [0.05, 0.1) is 0 Å². The monoisotopic (exact) mass is 237 g/mol. The van der Waals surface area contributed by atoms with Crippen LogP contribution in [0.25, 0.3) is 0 Å². The van der Waals surface area contributed by atoms with Gasteiger partial charge < -0.3 is 15.5 Å². The third-order valence-electron chi connectivity index (χ3n) is 4.32. The molecule has 2 saturated heterocycles. The van der Waals surface area contributed by atoms with Gasteiger partial charge in [-0.25, -0.2) is 4.79 Å². The topological polar surface area (TPSA) is 44.4 Å². The van der Waals surface area contributed by atoms with E-state index in [1.807, 2.05) is 4.90 Å². The summed E-state index contributed by atoms with van der Waals surface area (Å²) in [6.07, 6.45) is 7.39.